The Morgan fingerprint density at radius 3 is 2.20 bits per heavy atom. The number of hydrogen-bond acceptors (Lipinski definition) is 5. The van der Waals surface area contributed by atoms with Gasteiger partial charge in [0.2, 0.25) is 5.91 Å². The molecule has 0 aliphatic carbocycles. The summed E-state index contributed by atoms with van der Waals surface area (Å²) < 4.78 is 0. The van der Waals surface area contributed by atoms with Gasteiger partial charge < -0.3 is 10.2 Å². The molecule has 2 fully saturated rings. The smallest absolute Gasteiger partial charge is 0.238 e. The van der Waals surface area contributed by atoms with Gasteiger partial charge in [-0.25, -0.2) is 0 Å². The van der Waals surface area contributed by atoms with Gasteiger partial charge in [0.1, 0.15) is 0 Å². The molecule has 0 spiro atoms. The molecule has 2 aliphatic heterocycles. The number of piperazine rings is 1. The summed E-state index contributed by atoms with van der Waals surface area (Å²) in [6, 6.07) is 14.4. The lowest BCUT2D eigenvalue weighted by Gasteiger charge is -2.34. The number of hydrogen-bond donors (Lipinski definition) is 1. The van der Waals surface area contributed by atoms with Gasteiger partial charge in [-0.3, -0.25) is 19.6 Å². The number of benzene rings is 1. The number of carbonyl (C=O) groups is 1. The van der Waals surface area contributed by atoms with Crippen molar-refractivity contribution in [2.45, 2.75) is 32.2 Å². The standard InChI is InChI=1S/C24H33N5O/c30-24(20-28-17-15-27(16-18-28)19-22-7-3-4-12-25-22)26-21-8-10-23(11-9-21)29-13-5-1-2-6-14-29/h3-4,7-12H,1-2,5-6,13-20H2,(H,26,30). The van der Waals surface area contributed by atoms with Crippen LogP contribution in [-0.2, 0) is 11.3 Å². The summed E-state index contributed by atoms with van der Waals surface area (Å²) >= 11 is 0. The van der Waals surface area contributed by atoms with Crippen molar-refractivity contribution in [2.75, 3.05) is 56.0 Å². The zero-order valence-electron chi connectivity index (χ0n) is 17.8. The molecule has 6 nitrogen and oxygen atoms in total. The first kappa shape index (κ1) is 20.8. The molecule has 0 atom stereocenters. The second kappa shape index (κ2) is 10.5. The third kappa shape index (κ3) is 6.03. The molecule has 1 aromatic heterocycles. The summed E-state index contributed by atoms with van der Waals surface area (Å²) in [5.41, 5.74) is 3.25. The molecule has 2 saturated heterocycles. The zero-order chi connectivity index (χ0) is 20.6. The van der Waals surface area contributed by atoms with E-state index >= 15 is 0 Å². The van der Waals surface area contributed by atoms with Crippen molar-refractivity contribution >= 4 is 17.3 Å². The molecule has 30 heavy (non-hydrogen) atoms. The third-order valence-electron chi connectivity index (χ3n) is 6.07. The number of anilines is 2. The average molecular weight is 408 g/mol. The summed E-state index contributed by atoms with van der Waals surface area (Å²) in [6.45, 7) is 7.36. The van der Waals surface area contributed by atoms with Gasteiger partial charge in [0, 0.05) is 63.4 Å². The lowest BCUT2D eigenvalue weighted by molar-refractivity contribution is -0.117. The van der Waals surface area contributed by atoms with Gasteiger partial charge in [-0.2, -0.15) is 0 Å². The minimum atomic E-state index is 0.0655. The second-order valence-corrected chi connectivity index (χ2v) is 8.37. The van der Waals surface area contributed by atoms with Crippen molar-refractivity contribution in [3.8, 4) is 0 Å². The molecule has 1 N–H and O–H groups in total. The van der Waals surface area contributed by atoms with Crippen LogP contribution < -0.4 is 10.2 Å². The number of carbonyl (C=O) groups excluding carboxylic acids is 1. The maximum absolute atomic E-state index is 12.5. The summed E-state index contributed by atoms with van der Waals surface area (Å²) in [4.78, 5) is 24.0. The van der Waals surface area contributed by atoms with E-state index in [1.807, 2.05) is 30.5 Å². The summed E-state index contributed by atoms with van der Waals surface area (Å²) in [6.07, 6.45) is 7.06. The number of nitrogens with one attached hydrogen (secondary N) is 1. The number of aromatic nitrogens is 1. The van der Waals surface area contributed by atoms with Crippen LogP contribution in [0, 0.1) is 0 Å². The molecule has 6 heteroatoms. The lowest BCUT2D eigenvalue weighted by Crippen LogP contribution is -2.48. The van der Waals surface area contributed by atoms with Crippen LogP contribution in [0.3, 0.4) is 0 Å². The van der Waals surface area contributed by atoms with Crippen molar-refractivity contribution in [3.05, 3.63) is 54.4 Å². The number of amides is 1. The van der Waals surface area contributed by atoms with Crippen LogP contribution in [0.4, 0.5) is 11.4 Å². The van der Waals surface area contributed by atoms with Gasteiger partial charge >= 0.3 is 0 Å². The van der Waals surface area contributed by atoms with Gasteiger partial charge in [0.05, 0.1) is 12.2 Å². The number of nitrogens with zero attached hydrogens (tertiary/aromatic N) is 4. The van der Waals surface area contributed by atoms with E-state index in [4.69, 9.17) is 0 Å². The van der Waals surface area contributed by atoms with Gasteiger partial charge in [0.15, 0.2) is 0 Å². The molecule has 1 amide bonds. The first-order valence-corrected chi connectivity index (χ1v) is 11.3. The van der Waals surface area contributed by atoms with E-state index in [0.717, 1.165) is 57.2 Å². The monoisotopic (exact) mass is 407 g/mol. The lowest BCUT2D eigenvalue weighted by atomic mass is 10.2. The minimum absolute atomic E-state index is 0.0655. The van der Waals surface area contributed by atoms with Crippen LogP contribution >= 0.6 is 0 Å². The number of rotatable bonds is 6. The fraction of sp³-hybridized carbons (Fsp3) is 0.500. The van der Waals surface area contributed by atoms with Gasteiger partial charge in [-0.1, -0.05) is 18.9 Å². The van der Waals surface area contributed by atoms with E-state index in [0.29, 0.717) is 6.54 Å². The molecular weight excluding hydrogens is 374 g/mol. The van der Waals surface area contributed by atoms with E-state index < -0.39 is 0 Å². The summed E-state index contributed by atoms with van der Waals surface area (Å²) in [5.74, 6) is 0.0655. The van der Waals surface area contributed by atoms with Crippen molar-refractivity contribution in [3.63, 3.8) is 0 Å². The summed E-state index contributed by atoms with van der Waals surface area (Å²) in [5, 5.41) is 3.06. The molecule has 4 rings (SSSR count). The van der Waals surface area contributed by atoms with Crippen molar-refractivity contribution in [1.82, 2.24) is 14.8 Å². The summed E-state index contributed by atoms with van der Waals surface area (Å²) in [7, 11) is 0. The van der Waals surface area contributed by atoms with Crippen LogP contribution in [0.5, 0.6) is 0 Å². The number of pyridine rings is 1. The van der Waals surface area contributed by atoms with Crippen LogP contribution in [0.2, 0.25) is 0 Å². The molecule has 0 bridgehead atoms. The van der Waals surface area contributed by atoms with Crippen LogP contribution in [0.25, 0.3) is 0 Å². The molecule has 0 radical (unpaired) electrons. The maximum Gasteiger partial charge on any atom is 0.238 e. The highest BCUT2D eigenvalue weighted by Gasteiger charge is 2.19. The Morgan fingerprint density at radius 2 is 1.53 bits per heavy atom. The fourth-order valence-electron chi connectivity index (χ4n) is 4.31. The molecule has 2 aromatic rings. The highest BCUT2D eigenvalue weighted by molar-refractivity contribution is 5.92. The predicted octanol–water partition coefficient (Wildman–Crippen LogP) is 3.22. The van der Waals surface area contributed by atoms with Crippen LogP contribution in [0.15, 0.2) is 48.7 Å². The largest absolute Gasteiger partial charge is 0.372 e. The quantitative estimate of drug-likeness (QED) is 0.797. The maximum atomic E-state index is 12.5. The van der Waals surface area contributed by atoms with Crippen LogP contribution in [0.1, 0.15) is 31.4 Å². The van der Waals surface area contributed by atoms with E-state index in [1.165, 1.54) is 31.4 Å². The first-order chi connectivity index (χ1) is 14.8. The zero-order valence-corrected chi connectivity index (χ0v) is 17.8. The van der Waals surface area contributed by atoms with E-state index in [1.54, 1.807) is 0 Å². The van der Waals surface area contributed by atoms with Gasteiger partial charge in [0.25, 0.3) is 0 Å². The third-order valence-corrected chi connectivity index (χ3v) is 6.07. The highest BCUT2D eigenvalue weighted by atomic mass is 16.2. The molecule has 0 saturated carbocycles. The van der Waals surface area contributed by atoms with Gasteiger partial charge in [-0.05, 0) is 49.2 Å². The first-order valence-electron chi connectivity index (χ1n) is 11.3. The average Bonchev–Trinajstić information content (AvgIpc) is 3.06. The second-order valence-electron chi connectivity index (χ2n) is 8.37. The minimum Gasteiger partial charge on any atom is -0.372 e. The molecule has 2 aliphatic rings. The molecule has 160 valence electrons. The van der Waals surface area contributed by atoms with E-state index in [-0.39, 0.29) is 5.91 Å². The molecule has 0 unspecified atom stereocenters. The Kier molecular flexibility index (Phi) is 7.32. The van der Waals surface area contributed by atoms with Gasteiger partial charge in [-0.15, -0.1) is 0 Å². The van der Waals surface area contributed by atoms with Crippen molar-refractivity contribution in [2.24, 2.45) is 0 Å². The molecular formula is C24H33N5O. The predicted molar refractivity (Wildman–Crippen MR) is 122 cm³/mol. The Hall–Kier alpha value is -2.44. The normalized spacial score (nSPS) is 18.7. The molecule has 1 aromatic carbocycles. The highest BCUT2D eigenvalue weighted by Crippen LogP contribution is 2.21. The Bertz CT molecular complexity index is 779. The van der Waals surface area contributed by atoms with Crippen molar-refractivity contribution in [1.29, 1.82) is 0 Å². The van der Waals surface area contributed by atoms with Crippen molar-refractivity contribution < 1.29 is 4.79 Å². The SMILES string of the molecule is O=C(CN1CCN(Cc2ccccn2)CC1)Nc1ccc(N2CCCCCC2)cc1. The topological polar surface area (TPSA) is 51.7 Å². The van der Waals surface area contributed by atoms with Crippen LogP contribution in [-0.4, -0.2) is 66.5 Å². The van der Waals surface area contributed by atoms with E-state index in [2.05, 4.69) is 43.2 Å². The fourth-order valence-corrected chi connectivity index (χ4v) is 4.31. The Morgan fingerprint density at radius 1 is 0.833 bits per heavy atom. The Labute approximate surface area is 179 Å². The molecule has 3 heterocycles. The Balaban J connectivity index is 1.20. The van der Waals surface area contributed by atoms with E-state index in [9.17, 15) is 4.79 Å².